The molecule has 2 N–H and O–H groups in total. The summed E-state index contributed by atoms with van der Waals surface area (Å²) in [4.78, 5) is 21.8. The number of nitrogens with one attached hydrogen (secondary N) is 1. The molecule has 1 rings (SSSR count). The van der Waals surface area contributed by atoms with Crippen molar-refractivity contribution in [1.82, 2.24) is 5.32 Å². The predicted octanol–water partition coefficient (Wildman–Crippen LogP) is 0.314. The molecule has 92 valence electrons. The van der Waals surface area contributed by atoms with E-state index < -0.39 is 23.8 Å². The molecule has 1 heterocycles. The van der Waals surface area contributed by atoms with Crippen molar-refractivity contribution in [2.75, 3.05) is 20.3 Å². The van der Waals surface area contributed by atoms with Gasteiger partial charge in [0.05, 0.1) is 7.11 Å². The highest BCUT2D eigenvalue weighted by Crippen LogP contribution is 2.29. The fourth-order valence-electron chi connectivity index (χ4n) is 1.59. The number of methoxy groups -OCH3 is 1. The van der Waals surface area contributed by atoms with Gasteiger partial charge in [0, 0.05) is 26.1 Å². The van der Waals surface area contributed by atoms with Gasteiger partial charge in [0.1, 0.15) is 5.67 Å². The molecule has 1 aliphatic heterocycles. The maximum atomic E-state index is 14.3. The molecule has 0 aromatic carbocycles. The lowest BCUT2D eigenvalue weighted by atomic mass is 9.88. The highest BCUT2D eigenvalue weighted by Gasteiger charge is 2.46. The van der Waals surface area contributed by atoms with Crippen LogP contribution in [0.5, 0.6) is 0 Å². The topological polar surface area (TPSA) is 84.9 Å². The Kier molecular flexibility index (Phi) is 4.05. The van der Waals surface area contributed by atoms with Crippen LogP contribution in [0.2, 0.25) is 0 Å². The molecule has 0 unspecified atom stereocenters. The van der Waals surface area contributed by atoms with Crippen LogP contribution in [0.25, 0.3) is 0 Å². The average Bonchev–Trinajstić information content (AvgIpc) is 2.25. The minimum Gasteiger partial charge on any atom is -0.480 e. The number of carboxylic acids is 1. The predicted molar refractivity (Wildman–Crippen MR) is 50.9 cm³/mol. The third kappa shape index (κ3) is 2.82. The van der Waals surface area contributed by atoms with Crippen molar-refractivity contribution in [3.63, 3.8) is 0 Å². The molecule has 0 saturated carbocycles. The summed E-state index contributed by atoms with van der Waals surface area (Å²) in [7, 11) is 1.09. The average molecular weight is 235 g/mol. The molecule has 1 fully saturated rings. The zero-order chi connectivity index (χ0) is 12.2. The number of amides is 1. The first-order valence-corrected chi connectivity index (χ1v) is 4.83. The summed E-state index contributed by atoms with van der Waals surface area (Å²) in [6.07, 6.45) is -1.09. The molecule has 0 aliphatic carbocycles. The maximum Gasteiger partial charge on any atom is 0.407 e. The van der Waals surface area contributed by atoms with E-state index in [9.17, 15) is 14.0 Å². The molecule has 1 aliphatic rings. The van der Waals surface area contributed by atoms with Gasteiger partial charge in [0.15, 0.2) is 6.04 Å². The van der Waals surface area contributed by atoms with Gasteiger partial charge in [-0.2, -0.15) is 0 Å². The Morgan fingerprint density at radius 2 is 2.06 bits per heavy atom. The smallest absolute Gasteiger partial charge is 0.407 e. The van der Waals surface area contributed by atoms with Gasteiger partial charge < -0.3 is 19.9 Å². The second-order valence-corrected chi connectivity index (χ2v) is 3.55. The van der Waals surface area contributed by atoms with Gasteiger partial charge in [-0.3, -0.25) is 0 Å². The van der Waals surface area contributed by atoms with Gasteiger partial charge in [-0.15, -0.1) is 0 Å². The van der Waals surface area contributed by atoms with Crippen molar-refractivity contribution in [3.05, 3.63) is 0 Å². The van der Waals surface area contributed by atoms with E-state index in [-0.39, 0.29) is 26.1 Å². The molecule has 0 radical (unpaired) electrons. The van der Waals surface area contributed by atoms with E-state index in [1.807, 2.05) is 5.32 Å². The maximum absolute atomic E-state index is 14.3. The summed E-state index contributed by atoms with van der Waals surface area (Å²) in [6, 6.07) is -1.61. The number of halogens is 1. The number of carboxylic acid groups (broad SMARTS) is 1. The lowest BCUT2D eigenvalue weighted by molar-refractivity contribution is -0.146. The Hall–Kier alpha value is -1.37. The van der Waals surface area contributed by atoms with Crippen molar-refractivity contribution < 1.29 is 28.6 Å². The number of alkyl halides is 1. The number of alkyl carbamates (subject to hydrolysis) is 1. The second-order valence-electron chi connectivity index (χ2n) is 3.55. The van der Waals surface area contributed by atoms with Crippen molar-refractivity contribution in [2.45, 2.75) is 24.6 Å². The Morgan fingerprint density at radius 1 is 1.50 bits per heavy atom. The highest BCUT2D eigenvalue weighted by molar-refractivity contribution is 5.81. The van der Waals surface area contributed by atoms with Crippen LogP contribution in [0.3, 0.4) is 0 Å². The van der Waals surface area contributed by atoms with Crippen LogP contribution in [-0.4, -0.2) is 49.2 Å². The van der Waals surface area contributed by atoms with Gasteiger partial charge in [0.25, 0.3) is 0 Å². The fraction of sp³-hybridized carbons (Fsp3) is 0.778. The Balaban J connectivity index is 2.75. The second kappa shape index (κ2) is 5.11. The van der Waals surface area contributed by atoms with Gasteiger partial charge in [-0.25, -0.2) is 14.0 Å². The van der Waals surface area contributed by atoms with E-state index >= 15 is 0 Å². The Morgan fingerprint density at radius 3 is 2.50 bits per heavy atom. The molecule has 0 aromatic rings. The SMILES string of the molecule is COC(=O)N[C@@H](C(=O)O)C1(F)CCOCC1. The first-order chi connectivity index (χ1) is 7.49. The number of carbonyl (C=O) groups is 2. The molecule has 0 spiro atoms. The van der Waals surface area contributed by atoms with Crippen molar-refractivity contribution in [1.29, 1.82) is 0 Å². The van der Waals surface area contributed by atoms with Crippen LogP contribution in [0.15, 0.2) is 0 Å². The van der Waals surface area contributed by atoms with E-state index in [1.165, 1.54) is 0 Å². The molecule has 1 amide bonds. The monoisotopic (exact) mass is 235 g/mol. The van der Waals surface area contributed by atoms with Gasteiger partial charge in [-0.05, 0) is 0 Å². The third-order valence-electron chi connectivity index (χ3n) is 2.54. The minimum absolute atomic E-state index is 0.0615. The van der Waals surface area contributed by atoms with Crippen LogP contribution in [0, 0.1) is 0 Å². The summed E-state index contributed by atoms with van der Waals surface area (Å²) in [5.41, 5.74) is -1.99. The zero-order valence-electron chi connectivity index (χ0n) is 8.86. The number of hydrogen-bond acceptors (Lipinski definition) is 4. The summed E-state index contributed by atoms with van der Waals surface area (Å²) >= 11 is 0. The molecule has 7 heteroatoms. The molecule has 16 heavy (non-hydrogen) atoms. The molecule has 0 bridgehead atoms. The lowest BCUT2D eigenvalue weighted by Crippen LogP contribution is -2.56. The highest BCUT2D eigenvalue weighted by atomic mass is 19.1. The van der Waals surface area contributed by atoms with Gasteiger partial charge in [-0.1, -0.05) is 0 Å². The first kappa shape index (κ1) is 12.7. The minimum atomic E-state index is -1.99. The normalized spacial score (nSPS) is 20.9. The number of carbonyl (C=O) groups excluding carboxylic acids is 1. The standard InChI is InChI=1S/C9H14FNO5/c1-15-8(14)11-6(7(12)13)9(10)2-4-16-5-3-9/h6H,2-5H2,1H3,(H,11,14)(H,12,13)/t6-/m0/s1. The third-order valence-corrected chi connectivity index (χ3v) is 2.54. The fourth-order valence-corrected chi connectivity index (χ4v) is 1.59. The molecular formula is C9H14FNO5. The van der Waals surface area contributed by atoms with Crippen LogP contribution in [0.1, 0.15) is 12.8 Å². The van der Waals surface area contributed by atoms with Gasteiger partial charge >= 0.3 is 12.1 Å². The van der Waals surface area contributed by atoms with Gasteiger partial charge in [0.2, 0.25) is 0 Å². The number of hydrogen-bond donors (Lipinski definition) is 2. The number of ether oxygens (including phenoxy) is 2. The zero-order valence-corrected chi connectivity index (χ0v) is 8.86. The van der Waals surface area contributed by atoms with Crippen LogP contribution in [0.4, 0.5) is 9.18 Å². The van der Waals surface area contributed by atoms with E-state index in [2.05, 4.69) is 4.74 Å². The summed E-state index contributed by atoms with van der Waals surface area (Å²) in [5, 5.41) is 10.9. The van der Waals surface area contributed by atoms with Crippen molar-refractivity contribution in [2.24, 2.45) is 0 Å². The van der Waals surface area contributed by atoms with Crippen molar-refractivity contribution in [3.8, 4) is 0 Å². The summed E-state index contributed by atoms with van der Waals surface area (Å²) in [5.74, 6) is -1.42. The molecule has 1 atom stereocenters. The largest absolute Gasteiger partial charge is 0.480 e. The summed E-state index contributed by atoms with van der Waals surface area (Å²) < 4.78 is 23.5. The number of aliphatic carboxylic acids is 1. The molecular weight excluding hydrogens is 221 g/mol. The Bertz CT molecular complexity index is 277. The number of rotatable bonds is 3. The first-order valence-electron chi connectivity index (χ1n) is 4.83. The van der Waals surface area contributed by atoms with E-state index in [0.717, 1.165) is 7.11 Å². The lowest BCUT2D eigenvalue weighted by Gasteiger charge is -2.34. The molecule has 0 aromatic heterocycles. The van der Waals surface area contributed by atoms with E-state index in [0.29, 0.717) is 0 Å². The molecule has 6 nitrogen and oxygen atoms in total. The van der Waals surface area contributed by atoms with Crippen LogP contribution < -0.4 is 5.32 Å². The molecule has 1 saturated heterocycles. The van der Waals surface area contributed by atoms with Crippen LogP contribution in [-0.2, 0) is 14.3 Å². The summed E-state index contributed by atoms with van der Waals surface area (Å²) in [6.45, 7) is 0.284. The van der Waals surface area contributed by atoms with Crippen LogP contribution >= 0.6 is 0 Å². The quantitative estimate of drug-likeness (QED) is 0.735. The van der Waals surface area contributed by atoms with E-state index in [1.54, 1.807) is 0 Å². The Labute approximate surface area is 91.7 Å². The van der Waals surface area contributed by atoms with E-state index in [4.69, 9.17) is 9.84 Å². The van der Waals surface area contributed by atoms with Crippen molar-refractivity contribution >= 4 is 12.1 Å².